The number of rotatable bonds is 6. The highest BCUT2D eigenvalue weighted by atomic mass is 35.5. The number of thioether (sulfide) groups is 1. The summed E-state index contributed by atoms with van der Waals surface area (Å²) in [4.78, 5) is 17.8. The van der Waals surface area contributed by atoms with Gasteiger partial charge in [0.05, 0.1) is 22.3 Å². The summed E-state index contributed by atoms with van der Waals surface area (Å²) in [6.07, 6.45) is -1.40. The molecule has 0 fully saturated rings. The van der Waals surface area contributed by atoms with Crippen LogP contribution in [0.15, 0.2) is 41.4 Å². The number of pyridine rings is 1. The second kappa shape index (κ2) is 9.50. The maximum absolute atomic E-state index is 13.1. The van der Waals surface area contributed by atoms with Crippen molar-refractivity contribution in [1.29, 1.82) is 5.26 Å². The van der Waals surface area contributed by atoms with E-state index in [9.17, 15) is 18.0 Å². The standard InChI is InChI=1S/C20H15ClF3N5O2S/c1-11-6-12(9-25)7-15(32-2)17(11)27-19(30)14-8-16(31-10-20(22,23)24)28-29(14)18-13(21)4-3-5-26-18/h3-8H,10H2,1-2H3,(H,27,30). The third-order valence-corrected chi connectivity index (χ3v) is 5.19. The normalized spacial score (nSPS) is 11.2. The zero-order valence-electron chi connectivity index (χ0n) is 16.7. The molecule has 0 aliphatic carbocycles. The maximum Gasteiger partial charge on any atom is 0.422 e. The second-order valence-corrected chi connectivity index (χ2v) is 7.68. The van der Waals surface area contributed by atoms with E-state index in [1.165, 1.54) is 24.0 Å². The number of nitrogens with zero attached hydrogens (tertiary/aromatic N) is 4. The molecule has 0 unspecified atom stereocenters. The summed E-state index contributed by atoms with van der Waals surface area (Å²) in [7, 11) is 0. The van der Waals surface area contributed by atoms with Gasteiger partial charge in [0.15, 0.2) is 12.4 Å². The van der Waals surface area contributed by atoms with Crippen LogP contribution in [0, 0.1) is 18.3 Å². The van der Waals surface area contributed by atoms with E-state index >= 15 is 0 Å². The maximum atomic E-state index is 13.1. The average Bonchev–Trinajstić information content (AvgIpc) is 3.17. The van der Waals surface area contributed by atoms with Crippen LogP contribution in [-0.2, 0) is 0 Å². The molecule has 1 amide bonds. The molecule has 2 heterocycles. The first kappa shape index (κ1) is 23.4. The lowest BCUT2D eigenvalue weighted by molar-refractivity contribution is -0.154. The predicted octanol–water partition coefficient (Wildman–Crippen LogP) is 5.02. The van der Waals surface area contributed by atoms with Crippen LogP contribution in [0.1, 0.15) is 21.6 Å². The molecular weight excluding hydrogens is 467 g/mol. The lowest BCUT2D eigenvalue weighted by atomic mass is 10.1. The molecule has 2 aromatic heterocycles. The molecule has 32 heavy (non-hydrogen) atoms. The monoisotopic (exact) mass is 481 g/mol. The number of halogens is 4. The SMILES string of the molecule is CSc1cc(C#N)cc(C)c1NC(=O)c1cc(OCC(F)(F)F)nn1-c1ncccc1Cl. The van der Waals surface area contributed by atoms with E-state index in [1.807, 2.05) is 6.07 Å². The van der Waals surface area contributed by atoms with Crippen molar-refractivity contribution in [3.63, 3.8) is 0 Å². The summed E-state index contributed by atoms with van der Waals surface area (Å²) in [5.74, 6) is -1.05. The number of ether oxygens (including phenoxy) is 1. The van der Waals surface area contributed by atoms with Gasteiger partial charge < -0.3 is 10.1 Å². The summed E-state index contributed by atoms with van der Waals surface area (Å²) >= 11 is 7.47. The van der Waals surface area contributed by atoms with E-state index in [-0.39, 0.29) is 16.5 Å². The fourth-order valence-corrected chi connectivity index (χ4v) is 3.62. The molecule has 3 aromatic rings. The number of amides is 1. The van der Waals surface area contributed by atoms with Crippen LogP contribution < -0.4 is 10.1 Å². The molecule has 7 nitrogen and oxygen atoms in total. The zero-order chi connectivity index (χ0) is 23.5. The summed E-state index contributed by atoms with van der Waals surface area (Å²) < 4.78 is 43.4. The number of anilines is 1. The fraction of sp³-hybridized carbons (Fsp3) is 0.200. The first-order valence-electron chi connectivity index (χ1n) is 8.93. The molecule has 0 spiro atoms. The molecule has 0 atom stereocenters. The van der Waals surface area contributed by atoms with Gasteiger partial charge in [-0.3, -0.25) is 4.79 Å². The molecule has 0 radical (unpaired) electrons. The number of carbonyl (C=O) groups excluding carboxylic acids is 1. The summed E-state index contributed by atoms with van der Waals surface area (Å²) in [5, 5.41) is 16.0. The minimum Gasteiger partial charge on any atom is -0.467 e. The van der Waals surface area contributed by atoms with E-state index in [4.69, 9.17) is 21.6 Å². The van der Waals surface area contributed by atoms with Crippen LogP contribution >= 0.6 is 23.4 Å². The number of benzene rings is 1. The molecule has 1 N–H and O–H groups in total. The Morgan fingerprint density at radius 3 is 2.75 bits per heavy atom. The first-order chi connectivity index (χ1) is 15.1. The van der Waals surface area contributed by atoms with Crippen molar-refractivity contribution in [1.82, 2.24) is 14.8 Å². The zero-order valence-corrected chi connectivity index (χ0v) is 18.3. The predicted molar refractivity (Wildman–Crippen MR) is 114 cm³/mol. The molecule has 0 saturated carbocycles. The van der Waals surface area contributed by atoms with Gasteiger partial charge in [-0.15, -0.1) is 16.9 Å². The number of aromatic nitrogens is 3. The molecule has 0 saturated heterocycles. The molecular formula is C20H15ClF3N5O2S. The van der Waals surface area contributed by atoms with Gasteiger partial charge in [-0.25, -0.2) is 9.67 Å². The summed E-state index contributed by atoms with van der Waals surface area (Å²) in [6.45, 7) is 0.146. The minimum absolute atomic E-state index is 0.0443. The Labute approximate surface area is 190 Å². The van der Waals surface area contributed by atoms with Gasteiger partial charge in [-0.1, -0.05) is 11.6 Å². The molecule has 3 rings (SSSR count). The quantitative estimate of drug-likeness (QED) is 0.497. The Morgan fingerprint density at radius 1 is 1.38 bits per heavy atom. The number of aryl methyl sites for hydroxylation is 1. The van der Waals surface area contributed by atoms with Crippen molar-refractivity contribution >= 4 is 35.0 Å². The van der Waals surface area contributed by atoms with E-state index in [1.54, 1.807) is 31.4 Å². The highest BCUT2D eigenvalue weighted by Gasteiger charge is 2.30. The van der Waals surface area contributed by atoms with Crippen LogP contribution in [0.2, 0.25) is 5.02 Å². The van der Waals surface area contributed by atoms with Crippen LogP contribution in [-0.4, -0.2) is 39.7 Å². The van der Waals surface area contributed by atoms with Crippen molar-refractivity contribution in [2.24, 2.45) is 0 Å². The number of nitriles is 1. The summed E-state index contributed by atoms with van der Waals surface area (Å²) in [5.41, 5.74) is 1.38. The third kappa shape index (κ3) is 5.33. The van der Waals surface area contributed by atoms with Gasteiger partial charge in [0.1, 0.15) is 5.69 Å². The number of hydrogen-bond acceptors (Lipinski definition) is 6. The van der Waals surface area contributed by atoms with Gasteiger partial charge in [0.25, 0.3) is 5.91 Å². The number of carbonyl (C=O) groups is 1. The van der Waals surface area contributed by atoms with Crippen molar-refractivity contribution in [2.45, 2.75) is 18.0 Å². The van der Waals surface area contributed by atoms with Gasteiger partial charge in [0.2, 0.25) is 5.88 Å². The molecule has 1 aromatic carbocycles. The molecule has 12 heteroatoms. The van der Waals surface area contributed by atoms with E-state index in [0.717, 1.165) is 10.7 Å². The van der Waals surface area contributed by atoms with Gasteiger partial charge in [0, 0.05) is 17.2 Å². The van der Waals surface area contributed by atoms with Crippen LogP contribution in [0.25, 0.3) is 5.82 Å². The Kier molecular flexibility index (Phi) is 6.96. The van der Waals surface area contributed by atoms with Gasteiger partial charge in [-0.05, 0) is 43.0 Å². The van der Waals surface area contributed by atoms with E-state index < -0.39 is 24.6 Å². The minimum atomic E-state index is -4.58. The van der Waals surface area contributed by atoms with Crippen LogP contribution in [0.5, 0.6) is 5.88 Å². The van der Waals surface area contributed by atoms with Crippen molar-refractivity contribution in [3.05, 3.63) is 58.4 Å². The van der Waals surface area contributed by atoms with E-state index in [0.29, 0.717) is 21.7 Å². The van der Waals surface area contributed by atoms with Crippen LogP contribution in [0.4, 0.5) is 18.9 Å². The smallest absolute Gasteiger partial charge is 0.422 e. The van der Waals surface area contributed by atoms with Crippen molar-refractivity contribution in [2.75, 3.05) is 18.2 Å². The molecule has 0 bridgehead atoms. The molecule has 0 aliphatic rings. The van der Waals surface area contributed by atoms with E-state index in [2.05, 4.69) is 15.4 Å². The Balaban J connectivity index is 2.03. The molecule has 0 aliphatic heterocycles. The van der Waals surface area contributed by atoms with Crippen molar-refractivity contribution in [3.8, 4) is 17.8 Å². The lowest BCUT2D eigenvalue weighted by Crippen LogP contribution is -2.19. The largest absolute Gasteiger partial charge is 0.467 e. The second-order valence-electron chi connectivity index (χ2n) is 6.43. The lowest BCUT2D eigenvalue weighted by Gasteiger charge is -2.14. The van der Waals surface area contributed by atoms with Crippen LogP contribution in [0.3, 0.4) is 0 Å². The van der Waals surface area contributed by atoms with Crippen molar-refractivity contribution < 1.29 is 22.7 Å². The highest BCUT2D eigenvalue weighted by molar-refractivity contribution is 7.98. The third-order valence-electron chi connectivity index (χ3n) is 4.13. The fourth-order valence-electron chi connectivity index (χ4n) is 2.76. The van der Waals surface area contributed by atoms with Gasteiger partial charge >= 0.3 is 6.18 Å². The Hall–Kier alpha value is -3.23. The number of hydrogen-bond donors (Lipinski definition) is 1. The van der Waals surface area contributed by atoms with Gasteiger partial charge in [-0.2, -0.15) is 18.4 Å². The number of alkyl halides is 3. The molecule has 166 valence electrons. The summed E-state index contributed by atoms with van der Waals surface area (Å²) in [6, 6.07) is 9.41. The Bertz CT molecular complexity index is 1210. The number of nitrogens with one attached hydrogen (secondary N) is 1. The Morgan fingerprint density at radius 2 is 2.12 bits per heavy atom. The average molecular weight is 482 g/mol. The topological polar surface area (TPSA) is 92.8 Å². The highest BCUT2D eigenvalue weighted by Crippen LogP contribution is 2.31. The first-order valence-corrected chi connectivity index (χ1v) is 10.5.